The molecule has 0 aromatic carbocycles. The molecule has 0 aliphatic heterocycles. The summed E-state index contributed by atoms with van der Waals surface area (Å²) in [6.45, 7) is 2.05. The van der Waals surface area contributed by atoms with E-state index >= 15 is 0 Å². The number of carbonyl (C=O) groups is 2. The van der Waals surface area contributed by atoms with Gasteiger partial charge in [-0.05, 0) is 25.7 Å². The molecule has 0 bridgehead atoms. The Morgan fingerprint density at radius 3 is 2.53 bits per heavy atom. The third-order valence-electron chi connectivity index (χ3n) is 3.20. The molecule has 1 saturated carbocycles. The van der Waals surface area contributed by atoms with Gasteiger partial charge in [0.15, 0.2) is 0 Å². The van der Waals surface area contributed by atoms with E-state index in [9.17, 15) is 9.59 Å². The molecule has 1 amide bonds. The molecule has 0 spiro atoms. The smallest absolute Gasteiger partial charge is 0.313 e. The second-order valence-electron chi connectivity index (χ2n) is 4.64. The van der Waals surface area contributed by atoms with Crippen molar-refractivity contribution in [2.24, 2.45) is 5.92 Å². The monoisotopic (exact) mass is 259 g/mol. The van der Waals surface area contributed by atoms with Crippen LogP contribution in [-0.2, 0) is 9.59 Å². The standard InChI is InChI=1S/C12H21NO3S/c1-9(10-5-3-2-4-6-10)13-11(14)7-17-8-12(15)16/h9-10H,2-8H2,1H3,(H,13,14)(H,15,16)/t9-/m1/s1. The molecule has 0 heterocycles. The summed E-state index contributed by atoms with van der Waals surface area (Å²) < 4.78 is 0. The lowest BCUT2D eigenvalue weighted by Gasteiger charge is -2.28. The van der Waals surface area contributed by atoms with Crippen molar-refractivity contribution >= 4 is 23.6 Å². The molecule has 17 heavy (non-hydrogen) atoms. The van der Waals surface area contributed by atoms with Crippen LogP contribution in [-0.4, -0.2) is 34.5 Å². The van der Waals surface area contributed by atoms with Crippen molar-refractivity contribution in [3.63, 3.8) is 0 Å². The topological polar surface area (TPSA) is 66.4 Å². The van der Waals surface area contributed by atoms with E-state index in [-0.39, 0.29) is 23.5 Å². The van der Waals surface area contributed by atoms with Crippen LogP contribution in [0.3, 0.4) is 0 Å². The maximum absolute atomic E-state index is 11.6. The lowest BCUT2D eigenvalue weighted by Crippen LogP contribution is -2.39. The van der Waals surface area contributed by atoms with Gasteiger partial charge in [-0.3, -0.25) is 9.59 Å². The third kappa shape index (κ3) is 5.96. The number of nitrogens with one attached hydrogen (secondary N) is 1. The molecule has 0 unspecified atom stereocenters. The Hall–Kier alpha value is -0.710. The molecule has 98 valence electrons. The Morgan fingerprint density at radius 2 is 1.94 bits per heavy atom. The van der Waals surface area contributed by atoms with Crippen LogP contribution in [0.1, 0.15) is 39.0 Å². The quantitative estimate of drug-likeness (QED) is 0.764. The van der Waals surface area contributed by atoms with Crippen LogP contribution in [0.4, 0.5) is 0 Å². The molecule has 1 rings (SSSR count). The summed E-state index contributed by atoms with van der Waals surface area (Å²) in [5, 5.41) is 11.4. The van der Waals surface area contributed by atoms with Crippen molar-refractivity contribution in [3.05, 3.63) is 0 Å². The number of amides is 1. The highest BCUT2D eigenvalue weighted by atomic mass is 32.2. The van der Waals surface area contributed by atoms with Gasteiger partial charge < -0.3 is 10.4 Å². The minimum Gasteiger partial charge on any atom is -0.481 e. The zero-order valence-corrected chi connectivity index (χ0v) is 11.1. The Kier molecular flexibility index (Phi) is 6.40. The van der Waals surface area contributed by atoms with Crippen LogP contribution in [0.15, 0.2) is 0 Å². The Labute approximate surface area is 107 Å². The number of thioether (sulfide) groups is 1. The van der Waals surface area contributed by atoms with Gasteiger partial charge in [-0.2, -0.15) is 0 Å². The van der Waals surface area contributed by atoms with Crippen LogP contribution in [0, 0.1) is 5.92 Å². The summed E-state index contributed by atoms with van der Waals surface area (Å²) in [7, 11) is 0. The maximum Gasteiger partial charge on any atom is 0.313 e. The minimum atomic E-state index is -0.872. The molecule has 1 atom stereocenters. The van der Waals surface area contributed by atoms with E-state index in [0.29, 0.717) is 5.92 Å². The SMILES string of the molecule is C[C@@H](NC(=O)CSCC(=O)O)C1CCCCC1. The molecule has 1 aliphatic rings. The molecular formula is C12H21NO3S. The van der Waals surface area contributed by atoms with Crippen LogP contribution in [0.5, 0.6) is 0 Å². The van der Waals surface area contributed by atoms with E-state index in [1.807, 2.05) is 0 Å². The molecule has 4 nitrogen and oxygen atoms in total. The van der Waals surface area contributed by atoms with Crippen molar-refractivity contribution in [2.45, 2.75) is 45.1 Å². The van der Waals surface area contributed by atoms with E-state index in [1.165, 1.54) is 32.1 Å². The highest BCUT2D eigenvalue weighted by Gasteiger charge is 2.21. The molecule has 0 radical (unpaired) electrons. The van der Waals surface area contributed by atoms with Gasteiger partial charge in [-0.15, -0.1) is 11.8 Å². The summed E-state index contributed by atoms with van der Waals surface area (Å²) in [4.78, 5) is 21.9. The predicted molar refractivity (Wildman–Crippen MR) is 69.1 cm³/mol. The first-order valence-corrected chi connectivity index (χ1v) is 7.34. The first-order valence-electron chi connectivity index (χ1n) is 6.18. The van der Waals surface area contributed by atoms with Crippen molar-refractivity contribution in [2.75, 3.05) is 11.5 Å². The average Bonchev–Trinajstić information content (AvgIpc) is 2.29. The Balaban J connectivity index is 2.18. The van der Waals surface area contributed by atoms with Crippen LogP contribution >= 0.6 is 11.8 Å². The van der Waals surface area contributed by atoms with Gasteiger partial charge in [0.1, 0.15) is 0 Å². The van der Waals surface area contributed by atoms with E-state index < -0.39 is 5.97 Å². The molecule has 5 heteroatoms. The first-order chi connectivity index (χ1) is 8.09. The maximum atomic E-state index is 11.6. The van der Waals surface area contributed by atoms with Crippen molar-refractivity contribution in [3.8, 4) is 0 Å². The molecule has 0 saturated heterocycles. The highest BCUT2D eigenvalue weighted by molar-refractivity contribution is 8.00. The van der Waals surface area contributed by atoms with Gasteiger partial charge >= 0.3 is 5.97 Å². The van der Waals surface area contributed by atoms with Crippen LogP contribution in [0.2, 0.25) is 0 Å². The Morgan fingerprint density at radius 1 is 1.29 bits per heavy atom. The fourth-order valence-electron chi connectivity index (χ4n) is 2.28. The van der Waals surface area contributed by atoms with Gasteiger partial charge in [-0.25, -0.2) is 0 Å². The summed E-state index contributed by atoms with van der Waals surface area (Å²) in [6.07, 6.45) is 6.23. The van der Waals surface area contributed by atoms with Gasteiger partial charge in [0.25, 0.3) is 0 Å². The lowest BCUT2D eigenvalue weighted by atomic mass is 9.84. The van der Waals surface area contributed by atoms with Gasteiger partial charge in [0, 0.05) is 6.04 Å². The van der Waals surface area contributed by atoms with Crippen LogP contribution in [0.25, 0.3) is 0 Å². The Bertz CT molecular complexity index is 264. The second kappa shape index (κ2) is 7.58. The predicted octanol–water partition coefficient (Wildman–Crippen LogP) is 1.89. The third-order valence-corrected chi connectivity index (χ3v) is 4.12. The number of carboxylic acid groups (broad SMARTS) is 1. The van der Waals surface area contributed by atoms with E-state index in [1.54, 1.807) is 0 Å². The lowest BCUT2D eigenvalue weighted by molar-refractivity contribution is -0.133. The van der Waals surface area contributed by atoms with Gasteiger partial charge in [-0.1, -0.05) is 19.3 Å². The number of aliphatic carboxylic acids is 1. The zero-order valence-electron chi connectivity index (χ0n) is 10.3. The molecular weight excluding hydrogens is 238 g/mol. The van der Waals surface area contributed by atoms with E-state index in [2.05, 4.69) is 12.2 Å². The van der Waals surface area contributed by atoms with Crippen molar-refractivity contribution in [1.82, 2.24) is 5.32 Å². The van der Waals surface area contributed by atoms with E-state index in [0.717, 1.165) is 11.8 Å². The molecule has 1 fully saturated rings. The summed E-state index contributed by atoms with van der Waals surface area (Å²) >= 11 is 1.15. The molecule has 1 aliphatic carbocycles. The molecule has 2 N–H and O–H groups in total. The number of carbonyl (C=O) groups excluding carboxylic acids is 1. The first kappa shape index (κ1) is 14.4. The van der Waals surface area contributed by atoms with Gasteiger partial charge in [0.05, 0.1) is 11.5 Å². The highest BCUT2D eigenvalue weighted by Crippen LogP contribution is 2.26. The second-order valence-corrected chi connectivity index (χ2v) is 5.63. The van der Waals surface area contributed by atoms with Crippen molar-refractivity contribution in [1.29, 1.82) is 0 Å². The fraction of sp³-hybridized carbons (Fsp3) is 0.833. The zero-order chi connectivity index (χ0) is 12.7. The summed E-state index contributed by atoms with van der Waals surface area (Å²) in [6, 6.07) is 0.216. The van der Waals surface area contributed by atoms with E-state index in [4.69, 9.17) is 5.11 Å². The molecule has 0 aromatic rings. The number of hydrogen-bond donors (Lipinski definition) is 2. The normalized spacial score (nSPS) is 18.6. The largest absolute Gasteiger partial charge is 0.481 e. The molecule has 0 aromatic heterocycles. The minimum absolute atomic E-state index is 0.00870. The summed E-state index contributed by atoms with van der Waals surface area (Å²) in [5.74, 6) is -0.0937. The fourth-order valence-corrected chi connectivity index (χ4v) is 2.82. The average molecular weight is 259 g/mol. The number of carboxylic acids is 1. The summed E-state index contributed by atoms with van der Waals surface area (Å²) in [5.41, 5.74) is 0. The van der Waals surface area contributed by atoms with Crippen molar-refractivity contribution < 1.29 is 14.7 Å². The number of rotatable bonds is 6. The van der Waals surface area contributed by atoms with Crippen LogP contribution < -0.4 is 5.32 Å². The number of hydrogen-bond acceptors (Lipinski definition) is 3. The van der Waals surface area contributed by atoms with Gasteiger partial charge in [0.2, 0.25) is 5.91 Å².